The molecule has 2 N–H and O–H groups in total. The number of anilines is 1. The summed E-state index contributed by atoms with van der Waals surface area (Å²) in [5.74, 6) is -0.289. The van der Waals surface area contributed by atoms with Crippen LogP contribution in [0.4, 0.5) is 10.1 Å². The van der Waals surface area contributed by atoms with E-state index in [1.165, 1.54) is 11.6 Å². The van der Waals surface area contributed by atoms with Crippen molar-refractivity contribution in [2.24, 2.45) is 0 Å². The normalized spacial score (nSPS) is 21.3. The van der Waals surface area contributed by atoms with Crippen LogP contribution in [0.2, 0.25) is 0 Å². The van der Waals surface area contributed by atoms with E-state index in [9.17, 15) is 9.50 Å². The second-order valence-electron chi connectivity index (χ2n) is 5.36. The average Bonchev–Trinajstić information content (AvgIpc) is 2.50. The van der Waals surface area contributed by atoms with Gasteiger partial charge in [-0.3, -0.25) is 0 Å². The Morgan fingerprint density at radius 2 is 1.85 bits per heavy atom. The van der Waals surface area contributed by atoms with Crippen LogP contribution in [0.3, 0.4) is 0 Å². The van der Waals surface area contributed by atoms with E-state index in [1.807, 2.05) is 18.2 Å². The van der Waals surface area contributed by atoms with Crippen molar-refractivity contribution in [1.82, 2.24) is 0 Å². The predicted molar refractivity (Wildman–Crippen MR) is 78.2 cm³/mol. The van der Waals surface area contributed by atoms with Crippen LogP contribution in [-0.2, 0) is 12.0 Å². The van der Waals surface area contributed by atoms with E-state index in [0.717, 1.165) is 24.8 Å². The molecule has 0 heterocycles. The highest BCUT2D eigenvalue weighted by molar-refractivity contribution is 5.51. The minimum atomic E-state index is -0.586. The summed E-state index contributed by atoms with van der Waals surface area (Å²) in [4.78, 5) is 0. The molecule has 0 aromatic heterocycles. The van der Waals surface area contributed by atoms with Crippen LogP contribution in [0, 0.1) is 5.82 Å². The molecule has 20 heavy (non-hydrogen) atoms. The number of para-hydroxylation sites is 1. The molecule has 0 fully saturated rings. The maximum Gasteiger partial charge on any atom is 0.146 e. The van der Waals surface area contributed by atoms with Gasteiger partial charge in [-0.2, -0.15) is 0 Å². The Hall–Kier alpha value is -1.87. The van der Waals surface area contributed by atoms with Crippen molar-refractivity contribution < 1.29 is 9.50 Å². The zero-order valence-electron chi connectivity index (χ0n) is 11.3. The zero-order chi connectivity index (χ0) is 14.0. The van der Waals surface area contributed by atoms with Crippen LogP contribution in [0.25, 0.3) is 0 Å². The molecule has 2 aromatic carbocycles. The number of rotatable bonds is 3. The van der Waals surface area contributed by atoms with Gasteiger partial charge < -0.3 is 10.4 Å². The summed E-state index contributed by atoms with van der Waals surface area (Å²) in [7, 11) is 0. The molecule has 0 spiro atoms. The lowest BCUT2D eigenvalue weighted by Crippen LogP contribution is -2.42. The number of aliphatic hydroxyl groups is 1. The first-order chi connectivity index (χ1) is 9.75. The Morgan fingerprint density at radius 3 is 2.65 bits per heavy atom. The lowest BCUT2D eigenvalue weighted by atomic mass is 9.76. The number of fused-ring (bicyclic) bond motifs is 1. The highest BCUT2D eigenvalue weighted by atomic mass is 19.1. The molecule has 1 unspecified atom stereocenters. The maximum atomic E-state index is 13.9. The van der Waals surface area contributed by atoms with Crippen molar-refractivity contribution in [3.8, 4) is 0 Å². The van der Waals surface area contributed by atoms with E-state index in [1.54, 1.807) is 18.2 Å². The highest BCUT2D eigenvalue weighted by Gasteiger charge is 2.36. The molecule has 0 radical (unpaired) electrons. The molecule has 0 aliphatic heterocycles. The van der Waals surface area contributed by atoms with Crippen molar-refractivity contribution in [1.29, 1.82) is 0 Å². The molecule has 3 heteroatoms. The van der Waals surface area contributed by atoms with E-state index in [-0.39, 0.29) is 12.4 Å². The average molecular weight is 271 g/mol. The zero-order valence-corrected chi connectivity index (χ0v) is 11.3. The third-order valence-electron chi connectivity index (χ3n) is 4.10. The summed E-state index contributed by atoms with van der Waals surface area (Å²) in [6, 6.07) is 14.7. The summed E-state index contributed by atoms with van der Waals surface area (Å²) in [6.07, 6.45) is 2.80. The van der Waals surface area contributed by atoms with Gasteiger partial charge in [0.15, 0.2) is 0 Å². The Morgan fingerprint density at radius 1 is 1.10 bits per heavy atom. The summed E-state index contributed by atoms with van der Waals surface area (Å²) >= 11 is 0. The van der Waals surface area contributed by atoms with Gasteiger partial charge in [0.1, 0.15) is 5.82 Å². The summed E-state index contributed by atoms with van der Waals surface area (Å²) in [5, 5.41) is 13.2. The van der Waals surface area contributed by atoms with Crippen LogP contribution < -0.4 is 5.32 Å². The highest BCUT2D eigenvalue weighted by Crippen LogP contribution is 2.38. The van der Waals surface area contributed by atoms with Gasteiger partial charge >= 0.3 is 0 Å². The van der Waals surface area contributed by atoms with Crippen LogP contribution in [-0.4, -0.2) is 11.7 Å². The van der Waals surface area contributed by atoms with Crippen molar-refractivity contribution in [3.63, 3.8) is 0 Å². The number of hydrogen-bond acceptors (Lipinski definition) is 2. The number of nitrogens with one attached hydrogen (secondary N) is 1. The second kappa shape index (κ2) is 5.25. The molecule has 3 rings (SSSR count). The first kappa shape index (κ1) is 13.1. The molecule has 2 nitrogen and oxygen atoms in total. The lowest BCUT2D eigenvalue weighted by molar-refractivity contribution is 0.194. The Balaban J connectivity index is 2.03. The van der Waals surface area contributed by atoms with Gasteiger partial charge in [0.2, 0.25) is 0 Å². The topological polar surface area (TPSA) is 32.3 Å². The Labute approximate surface area is 118 Å². The molecule has 1 aliphatic rings. The van der Waals surface area contributed by atoms with Crippen LogP contribution in [0.15, 0.2) is 48.5 Å². The standard InChI is InChI=1S/C17H18FNO/c18-15-9-3-4-10-16(15)19-17(12-20)11-5-7-13-6-1-2-8-14(13)17/h1-4,6,8-10,19-20H,5,7,11-12H2. The molecule has 0 saturated carbocycles. The van der Waals surface area contributed by atoms with E-state index >= 15 is 0 Å². The Kier molecular flexibility index (Phi) is 3.45. The van der Waals surface area contributed by atoms with E-state index < -0.39 is 5.54 Å². The Bertz CT molecular complexity index is 613. The summed E-state index contributed by atoms with van der Waals surface area (Å²) in [6.45, 7) is -0.0433. The fourth-order valence-electron chi connectivity index (χ4n) is 3.07. The van der Waals surface area contributed by atoms with Crippen LogP contribution in [0.5, 0.6) is 0 Å². The summed E-state index contributed by atoms with van der Waals surface area (Å²) in [5.41, 5.74) is 2.17. The quantitative estimate of drug-likeness (QED) is 0.896. The third kappa shape index (κ3) is 2.18. The lowest BCUT2D eigenvalue weighted by Gasteiger charge is -2.39. The van der Waals surface area contributed by atoms with E-state index in [4.69, 9.17) is 0 Å². The minimum Gasteiger partial charge on any atom is -0.394 e. The van der Waals surface area contributed by atoms with Gasteiger partial charge in [0.25, 0.3) is 0 Å². The van der Waals surface area contributed by atoms with E-state index in [2.05, 4.69) is 11.4 Å². The smallest absolute Gasteiger partial charge is 0.146 e. The molecular formula is C17H18FNO. The van der Waals surface area contributed by atoms with Crippen LogP contribution in [0.1, 0.15) is 24.0 Å². The fourth-order valence-corrected chi connectivity index (χ4v) is 3.07. The molecule has 104 valence electrons. The second-order valence-corrected chi connectivity index (χ2v) is 5.36. The first-order valence-corrected chi connectivity index (χ1v) is 6.97. The SMILES string of the molecule is OCC1(Nc2ccccc2F)CCCc2ccccc21. The molecule has 0 amide bonds. The number of aliphatic hydroxyl groups excluding tert-OH is 1. The van der Waals surface area contributed by atoms with Crippen molar-refractivity contribution in [3.05, 3.63) is 65.5 Å². The fraction of sp³-hybridized carbons (Fsp3) is 0.294. The van der Waals surface area contributed by atoms with Gasteiger partial charge in [-0.25, -0.2) is 4.39 Å². The molecular weight excluding hydrogens is 253 g/mol. The number of aryl methyl sites for hydroxylation is 1. The first-order valence-electron chi connectivity index (χ1n) is 6.97. The molecule has 1 aliphatic carbocycles. The maximum absolute atomic E-state index is 13.9. The summed E-state index contributed by atoms with van der Waals surface area (Å²) < 4.78 is 13.9. The number of benzene rings is 2. The monoisotopic (exact) mass is 271 g/mol. The predicted octanol–water partition coefficient (Wildman–Crippen LogP) is 3.46. The molecule has 0 saturated heterocycles. The van der Waals surface area contributed by atoms with Gasteiger partial charge in [-0.15, -0.1) is 0 Å². The van der Waals surface area contributed by atoms with Gasteiger partial charge in [0, 0.05) is 0 Å². The van der Waals surface area contributed by atoms with Gasteiger partial charge in [0.05, 0.1) is 17.8 Å². The van der Waals surface area contributed by atoms with Gasteiger partial charge in [-0.05, 0) is 42.5 Å². The van der Waals surface area contributed by atoms with Crippen molar-refractivity contribution >= 4 is 5.69 Å². The largest absolute Gasteiger partial charge is 0.394 e. The number of halogens is 1. The third-order valence-corrected chi connectivity index (χ3v) is 4.10. The molecule has 0 bridgehead atoms. The van der Waals surface area contributed by atoms with Gasteiger partial charge in [-0.1, -0.05) is 36.4 Å². The number of hydrogen-bond donors (Lipinski definition) is 2. The van der Waals surface area contributed by atoms with E-state index in [0.29, 0.717) is 5.69 Å². The van der Waals surface area contributed by atoms with Crippen molar-refractivity contribution in [2.75, 3.05) is 11.9 Å². The van der Waals surface area contributed by atoms with Crippen LogP contribution >= 0.6 is 0 Å². The molecule has 2 aromatic rings. The molecule has 1 atom stereocenters. The minimum absolute atomic E-state index is 0.0433. The van der Waals surface area contributed by atoms with Crippen molar-refractivity contribution in [2.45, 2.75) is 24.8 Å².